The van der Waals surface area contributed by atoms with Crippen molar-refractivity contribution in [3.8, 4) is 0 Å². The third-order valence-electron chi connectivity index (χ3n) is 1.77. The molecule has 4 heteroatoms. The van der Waals surface area contributed by atoms with Crippen LogP contribution in [-0.2, 0) is 0 Å². The van der Waals surface area contributed by atoms with Crippen molar-refractivity contribution in [2.24, 2.45) is 0 Å². The summed E-state index contributed by atoms with van der Waals surface area (Å²) in [5.74, 6) is 1.37. The number of fused-ring (bicyclic) bond motifs is 1. The normalized spacial score (nSPS) is 20.0. The van der Waals surface area contributed by atoms with Crippen molar-refractivity contribution >= 4 is 34.0 Å². The third kappa shape index (κ3) is 1.66. The van der Waals surface area contributed by atoms with Gasteiger partial charge in [0.05, 0.1) is 5.82 Å². The van der Waals surface area contributed by atoms with Crippen LogP contribution >= 0.6 is 34.0 Å². The summed E-state index contributed by atoms with van der Waals surface area (Å²) in [7, 11) is 0. The Morgan fingerprint density at radius 3 is 2.80 bits per heavy atom. The molecule has 2 aliphatic rings. The maximum atomic E-state index is 3.31. The van der Waals surface area contributed by atoms with Gasteiger partial charge in [0.25, 0.3) is 0 Å². The lowest BCUT2D eigenvalue weighted by atomic mass is 10.4. The summed E-state index contributed by atoms with van der Waals surface area (Å²) in [4.78, 5) is 2.39. The van der Waals surface area contributed by atoms with Gasteiger partial charge in [0.1, 0.15) is 0 Å². The van der Waals surface area contributed by atoms with Crippen molar-refractivity contribution in [2.75, 3.05) is 19.6 Å². The highest BCUT2D eigenvalue weighted by molar-refractivity contribution is 8.93. The standard InChI is InChI=1S/C6H10N2.2BrH/c1-2-6-7-3-5-8(6)4-1;;/h2,7H,1,3-5H2;2*1H. The van der Waals surface area contributed by atoms with E-state index >= 15 is 0 Å². The summed E-state index contributed by atoms with van der Waals surface area (Å²) in [6.07, 6.45) is 3.51. The van der Waals surface area contributed by atoms with E-state index in [0.29, 0.717) is 0 Å². The molecule has 0 radical (unpaired) electrons. The number of nitrogens with one attached hydrogen (secondary N) is 1. The molecule has 1 fully saturated rings. The van der Waals surface area contributed by atoms with Gasteiger partial charge in [-0.15, -0.1) is 34.0 Å². The van der Waals surface area contributed by atoms with Gasteiger partial charge in [0.2, 0.25) is 0 Å². The summed E-state index contributed by atoms with van der Waals surface area (Å²) >= 11 is 0. The Hall–Kier alpha value is 0.300. The molecule has 0 bridgehead atoms. The Morgan fingerprint density at radius 2 is 2.10 bits per heavy atom. The Balaban J connectivity index is 0.000000405. The average Bonchev–Trinajstić information content (AvgIpc) is 2.15. The lowest BCUT2D eigenvalue weighted by Crippen LogP contribution is -2.14. The van der Waals surface area contributed by atoms with Crippen molar-refractivity contribution in [3.63, 3.8) is 0 Å². The summed E-state index contributed by atoms with van der Waals surface area (Å²) < 4.78 is 0. The monoisotopic (exact) mass is 270 g/mol. The van der Waals surface area contributed by atoms with Crippen LogP contribution in [0, 0.1) is 0 Å². The minimum Gasteiger partial charge on any atom is -0.370 e. The molecule has 2 heterocycles. The molecular formula is C6H12Br2N2. The molecule has 2 rings (SSSR count). The molecule has 0 spiro atoms. The Bertz CT molecular complexity index is 136. The first-order valence-electron chi connectivity index (χ1n) is 3.16. The molecule has 1 saturated heterocycles. The predicted molar refractivity (Wildman–Crippen MR) is 52.9 cm³/mol. The van der Waals surface area contributed by atoms with Crippen molar-refractivity contribution in [2.45, 2.75) is 6.42 Å². The Morgan fingerprint density at radius 1 is 1.30 bits per heavy atom. The van der Waals surface area contributed by atoms with Crippen LogP contribution in [0.25, 0.3) is 0 Å². The largest absolute Gasteiger partial charge is 0.370 e. The molecule has 0 unspecified atom stereocenters. The van der Waals surface area contributed by atoms with Gasteiger partial charge in [0, 0.05) is 19.6 Å². The van der Waals surface area contributed by atoms with Crippen LogP contribution in [-0.4, -0.2) is 24.5 Å². The Labute approximate surface area is 82.2 Å². The van der Waals surface area contributed by atoms with Gasteiger partial charge in [-0.05, 0) is 12.5 Å². The minimum absolute atomic E-state index is 0. The van der Waals surface area contributed by atoms with Crippen molar-refractivity contribution in [3.05, 3.63) is 11.9 Å². The first-order chi connectivity index (χ1) is 3.97. The zero-order valence-corrected chi connectivity index (χ0v) is 9.10. The third-order valence-corrected chi connectivity index (χ3v) is 1.77. The van der Waals surface area contributed by atoms with E-state index in [9.17, 15) is 0 Å². The number of rotatable bonds is 0. The fraction of sp³-hybridized carbons (Fsp3) is 0.667. The van der Waals surface area contributed by atoms with E-state index in [1.54, 1.807) is 0 Å². The van der Waals surface area contributed by atoms with E-state index in [1.807, 2.05) is 0 Å². The average molecular weight is 272 g/mol. The van der Waals surface area contributed by atoms with Gasteiger partial charge in [-0.1, -0.05) is 0 Å². The summed E-state index contributed by atoms with van der Waals surface area (Å²) in [5, 5.41) is 3.31. The smallest absolute Gasteiger partial charge is 0.0973 e. The maximum absolute atomic E-state index is 3.31. The second-order valence-corrected chi connectivity index (χ2v) is 2.29. The summed E-state index contributed by atoms with van der Waals surface area (Å²) in [6, 6.07) is 0. The molecule has 2 aliphatic heterocycles. The topological polar surface area (TPSA) is 15.3 Å². The van der Waals surface area contributed by atoms with Gasteiger partial charge >= 0.3 is 0 Å². The van der Waals surface area contributed by atoms with Crippen LogP contribution in [0.15, 0.2) is 11.9 Å². The van der Waals surface area contributed by atoms with E-state index in [-0.39, 0.29) is 34.0 Å². The summed E-state index contributed by atoms with van der Waals surface area (Å²) in [6.45, 7) is 3.60. The molecule has 0 atom stereocenters. The molecule has 0 aromatic rings. The van der Waals surface area contributed by atoms with Gasteiger partial charge in [-0.3, -0.25) is 0 Å². The SMILES string of the molecule is Br.Br.C1=C2NCCN2CC1. The molecule has 0 aliphatic carbocycles. The first kappa shape index (κ1) is 10.3. The highest BCUT2D eigenvalue weighted by atomic mass is 79.9. The first-order valence-corrected chi connectivity index (χ1v) is 3.16. The highest BCUT2D eigenvalue weighted by Crippen LogP contribution is 2.14. The molecule has 0 aromatic heterocycles. The van der Waals surface area contributed by atoms with Crippen LogP contribution < -0.4 is 5.32 Å². The van der Waals surface area contributed by atoms with Crippen molar-refractivity contribution in [1.29, 1.82) is 0 Å². The second kappa shape index (κ2) is 4.23. The van der Waals surface area contributed by atoms with Crippen LogP contribution in [0.1, 0.15) is 6.42 Å². The molecular weight excluding hydrogens is 260 g/mol. The van der Waals surface area contributed by atoms with Gasteiger partial charge in [-0.25, -0.2) is 0 Å². The molecule has 2 nitrogen and oxygen atoms in total. The molecule has 0 amide bonds. The zero-order valence-electron chi connectivity index (χ0n) is 5.67. The van der Waals surface area contributed by atoms with E-state index < -0.39 is 0 Å². The molecule has 10 heavy (non-hydrogen) atoms. The van der Waals surface area contributed by atoms with Gasteiger partial charge in [0.15, 0.2) is 0 Å². The summed E-state index contributed by atoms with van der Waals surface area (Å²) in [5.41, 5.74) is 0. The van der Waals surface area contributed by atoms with E-state index in [1.165, 1.54) is 25.3 Å². The van der Waals surface area contributed by atoms with Crippen LogP contribution in [0.4, 0.5) is 0 Å². The lowest BCUT2D eigenvalue weighted by Gasteiger charge is -2.09. The fourth-order valence-electron chi connectivity index (χ4n) is 1.34. The molecule has 1 N–H and O–H groups in total. The number of nitrogens with zero attached hydrogens (tertiary/aromatic N) is 1. The van der Waals surface area contributed by atoms with Crippen LogP contribution in [0.2, 0.25) is 0 Å². The number of hydrogen-bond acceptors (Lipinski definition) is 2. The highest BCUT2D eigenvalue weighted by Gasteiger charge is 2.18. The van der Waals surface area contributed by atoms with Gasteiger partial charge < -0.3 is 10.2 Å². The van der Waals surface area contributed by atoms with E-state index in [0.717, 1.165) is 6.54 Å². The van der Waals surface area contributed by atoms with Crippen LogP contribution in [0.3, 0.4) is 0 Å². The minimum atomic E-state index is 0. The van der Waals surface area contributed by atoms with Crippen molar-refractivity contribution < 1.29 is 0 Å². The quantitative estimate of drug-likeness (QED) is 0.715. The van der Waals surface area contributed by atoms with Crippen LogP contribution in [0.5, 0.6) is 0 Å². The number of hydrogen-bond donors (Lipinski definition) is 1. The van der Waals surface area contributed by atoms with E-state index in [4.69, 9.17) is 0 Å². The number of halogens is 2. The van der Waals surface area contributed by atoms with Crippen molar-refractivity contribution in [1.82, 2.24) is 10.2 Å². The maximum Gasteiger partial charge on any atom is 0.0973 e. The zero-order chi connectivity index (χ0) is 5.40. The fourth-order valence-corrected chi connectivity index (χ4v) is 1.34. The predicted octanol–water partition coefficient (Wildman–Crippen LogP) is 1.29. The molecule has 60 valence electrons. The lowest BCUT2D eigenvalue weighted by molar-refractivity contribution is 0.432. The second-order valence-electron chi connectivity index (χ2n) is 2.29. The van der Waals surface area contributed by atoms with Gasteiger partial charge in [-0.2, -0.15) is 0 Å². The van der Waals surface area contributed by atoms with E-state index in [2.05, 4.69) is 16.3 Å². The Kier molecular flexibility index (Phi) is 4.36. The molecule has 0 aromatic carbocycles. The molecule has 0 saturated carbocycles.